The Morgan fingerprint density at radius 1 is 1.23 bits per heavy atom. The monoisotopic (exact) mass is 560 g/mol. The number of phenols is 1. The van der Waals surface area contributed by atoms with Crippen molar-refractivity contribution in [2.45, 2.75) is 37.4 Å². The molecule has 3 aromatic rings. The van der Waals surface area contributed by atoms with E-state index in [1.807, 2.05) is 0 Å². The molecule has 2 aliphatic heterocycles. The number of pyridine rings is 2. The number of rotatable bonds is 3. The van der Waals surface area contributed by atoms with Crippen molar-refractivity contribution in [3.63, 3.8) is 0 Å². The number of piperazine rings is 1. The number of amides is 2. The standard InChI is InChI=1S/C27H23F4N5O4/c1-4-19(38)34-11-16-25(39)33(3)23-22(35(16)10-12(34)2)13-8-15(29)21(20-14(28)6-5-7-17(20)37)32-24(13)36(26(23)40)18-9-27(18,30)31/h4-8,12,16,18,37H,1,9-11H2,2-3H3/t12-,16-,18?/m1/s1/i3D3. The van der Waals surface area contributed by atoms with Crippen LogP contribution in [-0.4, -0.2) is 69.4 Å². The van der Waals surface area contributed by atoms with Crippen LogP contribution in [-0.2, 0) is 9.59 Å². The van der Waals surface area contributed by atoms with Gasteiger partial charge in [-0.05, 0) is 31.2 Å². The number of aromatic hydroxyl groups is 1. The predicted octanol–water partition coefficient (Wildman–Crippen LogP) is 3.20. The number of carbonyl (C=O) groups is 2. The minimum absolute atomic E-state index is 0.132. The lowest BCUT2D eigenvalue weighted by atomic mass is 9.98. The second-order valence-corrected chi connectivity index (χ2v) is 10.1. The maximum Gasteiger partial charge on any atom is 0.278 e. The van der Waals surface area contributed by atoms with Crippen LogP contribution in [0.5, 0.6) is 5.75 Å². The van der Waals surface area contributed by atoms with Crippen molar-refractivity contribution in [1.29, 1.82) is 0 Å². The second-order valence-electron chi connectivity index (χ2n) is 10.1. The molecule has 2 fully saturated rings. The molecule has 40 heavy (non-hydrogen) atoms. The van der Waals surface area contributed by atoms with Gasteiger partial charge in [-0.15, -0.1) is 0 Å². The van der Waals surface area contributed by atoms with Gasteiger partial charge in [-0.3, -0.25) is 19.0 Å². The smallest absolute Gasteiger partial charge is 0.278 e. The zero-order valence-electron chi connectivity index (χ0n) is 23.9. The zero-order valence-corrected chi connectivity index (χ0v) is 20.9. The number of likely N-dealkylation sites (N-methyl/N-ethyl adjacent to an activating group) is 1. The Hall–Kier alpha value is -4.42. The molecule has 2 amide bonds. The van der Waals surface area contributed by atoms with Crippen molar-refractivity contribution in [2.24, 2.45) is 0 Å². The van der Waals surface area contributed by atoms with Gasteiger partial charge in [0.2, 0.25) is 5.91 Å². The topological polar surface area (TPSA) is 99.0 Å². The minimum atomic E-state index is -3.42. The lowest BCUT2D eigenvalue weighted by Gasteiger charge is -2.49. The fourth-order valence-electron chi connectivity index (χ4n) is 5.58. The largest absolute Gasteiger partial charge is 0.507 e. The number of fused-ring (bicyclic) bond motifs is 5. The van der Waals surface area contributed by atoms with E-state index in [9.17, 15) is 32.7 Å². The average molecular weight is 561 g/mol. The van der Waals surface area contributed by atoms with E-state index in [1.54, 1.807) is 6.92 Å². The zero-order chi connectivity index (χ0) is 31.3. The normalized spacial score (nSPS) is 24.6. The number of hydrogen-bond donors (Lipinski definition) is 1. The highest BCUT2D eigenvalue weighted by molar-refractivity contribution is 6.11. The van der Waals surface area contributed by atoms with E-state index in [-0.39, 0.29) is 29.1 Å². The van der Waals surface area contributed by atoms with E-state index in [0.29, 0.717) is 4.57 Å². The molecular weight excluding hydrogens is 534 g/mol. The van der Waals surface area contributed by atoms with Crippen molar-refractivity contribution in [2.75, 3.05) is 29.9 Å². The van der Waals surface area contributed by atoms with Gasteiger partial charge in [-0.1, -0.05) is 12.6 Å². The van der Waals surface area contributed by atoms with Crippen LogP contribution >= 0.6 is 0 Å². The number of alkyl halides is 2. The molecule has 4 heterocycles. The Bertz CT molecular complexity index is 1790. The Morgan fingerprint density at radius 3 is 2.58 bits per heavy atom. The van der Waals surface area contributed by atoms with Crippen molar-refractivity contribution in [1.82, 2.24) is 14.5 Å². The molecule has 1 saturated carbocycles. The van der Waals surface area contributed by atoms with Crippen LogP contribution < -0.4 is 15.4 Å². The van der Waals surface area contributed by atoms with E-state index in [0.717, 1.165) is 30.3 Å². The molecule has 9 nitrogen and oxygen atoms in total. The summed E-state index contributed by atoms with van der Waals surface area (Å²) in [7, 11) is 0. The first-order valence-corrected chi connectivity index (χ1v) is 12.3. The molecule has 6 rings (SSSR count). The summed E-state index contributed by atoms with van der Waals surface area (Å²) in [6.45, 7) is 1.34. The lowest BCUT2D eigenvalue weighted by molar-refractivity contribution is -0.130. The van der Waals surface area contributed by atoms with Crippen LogP contribution in [0.4, 0.5) is 28.9 Å². The first kappa shape index (κ1) is 22.4. The number of halogens is 4. The number of aromatic nitrogens is 2. The molecule has 1 unspecified atom stereocenters. The SMILES string of the molecule is [2H]C([2H])([2H])N1C(=O)[C@H]2CN(C(=O)C=C)[C@H](C)CN2c2c1c(=O)n(C1CC1(F)F)c1nc(-c3c(O)cccc3F)c(F)cc21. The molecule has 1 aliphatic carbocycles. The van der Waals surface area contributed by atoms with Crippen LogP contribution in [0.3, 0.4) is 0 Å². The van der Waals surface area contributed by atoms with E-state index < -0.39 is 94.8 Å². The van der Waals surface area contributed by atoms with Crippen LogP contribution in [0, 0.1) is 11.6 Å². The summed E-state index contributed by atoms with van der Waals surface area (Å²) in [5, 5.41) is 10.0. The third-order valence-corrected chi connectivity index (χ3v) is 7.63. The molecule has 0 radical (unpaired) electrons. The average Bonchev–Trinajstić information content (AvgIpc) is 3.54. The number of nitrogens with zero attached hydrogens (tertiary/aromatic N) is 5. The Morgan fingerprint density at radius 2 is 1.95 bits per heavy atom. The Balaban J connectivity index is 1.72. The van der Waals surface area contributed by atoms with E-state index in [1.165, 1.54) is 9.80 Å². The molecule has 13 heteroatoms. The van der Waals surface area contributed by atoms with Crippen molar-refractivity contribution in [3.05, 3.63) is 58.9 Å². The Kier molecular flexibility index (Phi) is 4.78. The minimum Gasteiger partial charge on any atom is -0.507 e. The quantitative estimate of drug-likeness (QED) is 0.390. The molecule has 1 aromatic carbocycles. The summed E-state index contributed by atoms with van der Waals surface area (Å²) in [6.07, 6.45) is 0.196. The van der Waals surface area contributed by atoms with Gasteiger partial charge in [0.25, 0.3) is 17.4 Å². The summed E-state index contributed by atoms with van der Waals surface area (Å²) in [5.41, 5.74) is -4.30. The molecule has 1 saturated heterocycles. The second kappa shape index (κ2) is 8.54. The lowest BCUT2D eigenvalue weighted by Crippen LogP contribution is -2.66. The third-order valence-electron chi connectivity index (χ3n) is 7.63. The molecular formula is C27H23F4N5O4. The van der Waals surface area contributed by atoms with E-state index in [4.69, 9.17) is 4.11 Å². The van der Waals surface area contributed by atoms with Gasteiger partial charge < -0.3 is 19.8 Å². The summed E-state index contributed by atoms with van der Waals surface area (Å²) in [4.78, 5) is 47.3. The molecule has 1 N–H and O–H groups in total. The van der Waals surface area contributed by atoms with Gasteiger partial charge in [-0.25, -0.2) is 22.5 Å². The first-order valence-electron chi connectivity index (χ1n) is 13.8. The number of hydrogen-bond acceptors (Lipinski definition) is 6. The van der Waals surface area contributed by atoms with E-state index >= 15 is 4.39 Å². The highest BCUT2D eigenvalue weighted by Crippen LogP contribution is 2.54. The van der Waals surface area contributed by atoms with Crippen molar-refractivity contribution in [3.8, 4) is 17.0 Å². The highest BCUT2D eigenvalue weighted by atomic mass is 19.3. The molecule has 0 bridgehead atoms. The number of phenolic OH excluding ortho intramolecular Hbond substituents is 1. The molecule has 208 valence electrons. The fourth-order valence-corrected chi connectivity index (χ4v) is 5.58. The van der Waals surface area contributed by atoms with Gasteiger partial charge in [0.1, 0.15) is 40.7 Å². The molecule has 3 aliphatic rings. The van der Waals surface area contributed by atoms with Gasteiger partial charge in [0.05, 0.1) is 17.8 Å². The van der Waals surface area contributed by atoms with Gasteiger partial charge in [0.15, 0.2) is 5.82 Å². The molecule has 2 aromatic heterocycles. The van der Waals surface area contributed by atoms with Gasteiger partial charge >= 0.3 is 0 Å². The van der Waals surface area contributed by atoms with Gasteiger partial charge in [-0.2, -0.15) is 0 Å². The molecule has 3 atom stereocenters. The first-order chi connectivity index (χ1) is 20.1. The van der Waals surface area contributed by atoms with Crippen LogP contribution in [0.2, 0.25) is 0 Å². The molecule has 0 spiro atoms. The van der Waals surface area contributed by atoms with E-state index in [2.05, 4.69) is 11.6 Å². The summed E-state index contributed by atoms with van der Waals surface area (Å²) in [5.74, 6) is -8.04. The van der Waals surface area contributed by atoms with Gasteiger partial charge in [0, 0.05) is 35.5 Å². The van der Waals surface area contributed by atoms with Crippen LogP contribution in [0.1, 0.15) is 23.5 Å². The van der Waals surface area contributed by atoms with Crippen molar-refractivity contribution < 1.29 is 36.4 Å². The third kappa shape index (κ3) is 3.52. The predicted molar refractivity (Wildman–Crippen MR) is 138 cm³/mol. The number of anilines is 2. The maximum absolute atomic E-state index is 15.8. The Labute approximate surface area is 228 Å². The highest BCUT2D eigenvalue weighted by Gasteiger charge is 2.60. The summed E-state index contributed by atoms with van der Waals surface area (Å²) < 4.78 is 84.4. The van der Waals surface area contributed by atoms with Crippen molar-refractivity contribution >= 4 is 34.2 Å². The maximum atomic E-state index is 15.8. The summed E-state index contributed by atoms with van der Waals surface area (Å²) >= 11 is 0. The van der Waals surface area contributed by atoms with Crippen LogP contribution in [0.15, 0.2) is 41.7 Å². The van der Waals surface area contributed by atoms with Crippen LogP contribution in [0.25, 0.3) is 22.3 Å². The number of benzene rings is 1. The fraction of sp³-hybridized carbons (Fsp3) is 0.333. The summed E-state index contributed by atoms with van der Waals surface area (Å²) in [6, 6.07) is 0.143. The number of carbonyl (C=O) groups excluding carboxylic acids is 2.